The number of carbonyl (C=O) groups excluding carboxylic acids is 1. The number of rotatable bonds is 8. The van der Waals surface area contributed by atoms with Gasteiger partial charge in [0.2, 0.25) is 0 Å². The third-order valence-corrected chi connectivity index (χ3v) is 4.83. The predicted molar refractivity (Wildman–Crippen MR) is 102 cm³/mol. The van der Waals surface area contributed by atoms with Gasteiger partial charge >= 0.3 is 0 Å². The van der Waals surface area contributed by atoms with E-state index in [0.29, 0.717) is 12.5 Å². The molecule has 1 saturated heterocycles. The van der Waals surface area contributed by atoms with E-state index >= 15 is 0 Å². The van der Waals surface area contributed by atoms with Crippen molar-refractivity contribution in [3.05, 3.63) is 29.3 Å². The number of hydrogen-bond donors (Lipinski definition) is 1. The summed E-state index contributed by atoms with van der Waals surface area (Å²) in [5.41, 5.74) is 2.19. The number of carbonyl (C=O) groups is 1. The molecule has 0 aromatic heterocycles. The molecular formula is C20H33N3O2. The molecule has 140 valence electrons. The van der Waals surface area contributed by atoms with Crippen LogP contribution >= 0.6 is 0 Å². The Morgan fingerprint density at radius 2 is 1.88 bits per heavy atom. The Morgan fingerprint density at radius 3 is 2.56 bits per heavy atom. The van der Waals surface area contributed by atoms with Crippen molar-refractivity contribution in [3.63, 3.8) is 0 Å². The molecule has 0 saturated carbocycles. The standard InChI is InChI=1S/C20H33N3O2/c1-5-22-8-10-23(11-9-22)14-17(3)13-21-20(24)15-25-19-12-16(2)6-7-18(19)4/h6-7,12,17H,5,8-11,13-15H2,1-4H3,(H,21,24)/t17-/m1/s1. The van der Waals surface area contributed by atoms with Crippen LogP contribution in [0.4, 0.5) is 0 Å². The predicted octanol–water partition coefficient (Wildman–Crippen LogP) is 2.07. The van der Waals surface area contributed by atoms with Crippen LogP contribution in [0.3, 0.4) is 0 Å². The van der Waals surface area contributed by atoms with Crippen LogP contribution in [0, 0.1) is 19.8 Å². The largest absolute Gasteiger partial charge is 0.483 e. The van der Waals surface area contributed by atoms with Crippen molar-refractivity contribution in [2.75, 3.05) is 52.4 Å². The molecule has 5 nitrogen and oxygen atoms in total. The van der Waals surface area contributed by atoms with Crippen LogP contribution in [-0.2, 0) is 4.79 Å². The molecule has 1 heterocycles. The van der Waals surface area contributed by atoms with Gasteiger partial charge in [0, 0.05) is 39.3 Å². The minimum absolute atomic E-state index is 0.0523. The Kier molecular flexibility index (Phi) is 7.72. The molecule has 1 fully saturated rings. The summed E-state index contributed by atoms with van der Waals surface area (Å²) in [6.45, 7) is 15.9. The lowest BCUT2D eigenvalue weighted by molar-refractivity contribution is -0.123. The second-order valence-corrected chi connectivity index (χ2v) is 7.20. The molecule has 0 radical (unpaired) electrons. The van der Waals surface area contributed by atoms with Crippen LogP contribution in [-0.4, -0.2) is 68.1 Å². The maximum Gasteiger partial charge on any atom is 0.257 e. The average Bonchev–Trinajstić information content (AvgIpc) is 2.61. The first-order valence-electron chi connectivity index (χ1n) is 9.39. The number of nitrogens with one attached hydrogen (secondary N) is 1. The number of likely N-dealkylation sites (N-methyl/N-ethyl adjacent to an activating group) is 1. The molecule has 1 atom stereocenters. The van der Waals surface area contributed by atoms with E-state index in [0.717, 1.165) is 56.1 Å². The zero-order chi connectivity index (χ0) is 18.2. The fourth-order valence-electron chi connectivity index (χ4n) is 3.14. The fraction of sp³-hybridized carbons (Fsp3) is 0.650. The van der Waals surface area contributed by atoms with Crippen LogP contribution in [0.1, 0.15) is 25.0 Å². The highest BCUT2D eigenvalue weighted by atomic mass is 16.5. The molecule has 1 aliphatic rings. The lowest BCUT2D eigenvalue weighted by atomic mass is 10.1. The van der Waals surface area contributed by atoms with Crippen molar-refractivity contribution >= 4 is 5.91 Å². The summed E-state index contributed by atoms with van der Waals surface area (Å²) >= 11 is 0. The van der Waals surface area contributed by atoms with Crippen LogP contribution < -0.4 is 10.1 Å². The van der Waals surface area contributed by atoms with Gasteiger partial charge in [0.1, 0.15) is 5.75 Å². The number of benzene rings is 1. The molecule has 1 N–H and O–H groups in total. The van der Waals surface area contributed by atoms with Crippen molar-refractivity contribution in [1.82, 2.24) is 15.1 Å². The smallest absolute Gasteiger partial charge is 0.257 e. The first-order chi connectivity index (χ1) is 12.0. The topological polar surface area (TPSA) is 44.8 Å². The Bertz CT molecular complexity index is 554. The highest BCUT2D eigenvalue weighted by molar-refractivity contribution is 5.77. The lowest BCUT2D eigenvalue weighted by Crippen LogP contribution is -2.48. The lowest BCUT2D eigenvalue weighted by Gasteiger charge is -2.35. The maximum absolute atomic E-state index is 12.0. The molecule has 1 aliphatic heterocycles. The van der Waals surface area contributed by atoms with Gasteiger partial charge in [-0.15, -0.1) is 0 Å². The third kappa shape index (κ3) is 6.67. The third-order valence-electron chi connectivity index (χ3n) is 4.83. The van der Waals surface area contributed by atoms with Crippen LogP contribution in [0.5, 0.6) is 5.75 Å². The van der Waals surface area contributed by atoms with E-state index in [1.807, 2.05) is 32.0 Å². The zero-order valence-corrected chi connectivity index (χ0v) is 16.2. The molecule has 5 heteroatoms. The van der Waals surface area contributed by atoms with Gasteiger partial charge in [-0.05, 0) is 43.5 Å². The monoisotopic (exact) mass is 347 g/mol. The van der Waals surface area contributed by atoms with E-state index in [9.17, 15) is 4.79 Å². The molecule has 1 aromatic rings. The molecule has 1 aromatic carbocycles. The Morgan fingerprint density at radius 1 is 1.20 bits per heavy atom. The molecule has 0 aliphatic carbocycles. The maximum atomic E-state index is 12.0. The zero-order valence-electron chi connectivity index (χ0n) is 16.2. The van der Waals surface area contributed by atoms with E-state index in [1.165, 1.54) is 0 Å². The molecule has 25 heavy (non-hydrogen) atoms. The molecule has 1 amide bonds. The number of ether oxygens (including phenoxy) is 1. The van der Waals surface area contributed by atoms with Crippen LogP contribution in [0.2, 0.25) is 0 Å². The van der Waals surface area contributed by atoms with Gasteiger partial charge in [-0.1, -0.05) is 26.0 Å². The van der Waals surface area contributed by atoms with Gasteiger partial charge in [-0.2, -0.15) is 0 Å². The number of hydrogen-bond acceptors (Lipinski definition) is 4. The van der Waals surface area contributed by atoms with Crippen molar-refractivity contribution in [3.8, 4) is 5.75 Å². The Balaban J connectivity index is 1.65. The van der Waals surface area contributed by atoms with Gasteiger partial charge in [0.05, 0.1) is 0 Å². The fourth-order valence-corrected chi connectivity index (χ4v) is 3.14. The molecular weight excluding hydrogens is 314 g/mol. The first kappa shape index (κ1) is 19.7. The van der Waals surface area contributed by atoms with E-state index in [4.69, 9.17) is 4.74 Å². The summed E-state index contributed by atoms with van der Waals surface area (Å²) in [6.07, 6.45) is 0. The molecule has 0 bridgehead atoms. The van der Waals surface area contributed by atoms with E-state index in [-0.39, 0.29) is 12.5 Å². The highest BCUT2D eigenvalue weighted by Gasteiger charge is 2.17. The quantitative estimate of drug-likeness (QED) is 0.782. The van der Waals surface area contributed by atoms with Crippen molar-refractivity contribution in [1.29, 1.82) is 0 Å². The van der Waals surface area contributed by atoms with E-state index < -0.39 is 0 Å². The number of piperazine rings is 1. The van der Waals surface area contributed by atoms with Crippen LogP contribution in [0.15, 0.2) is 18.2 Å². The molecule has 0 spiro atoms. The number of nitrogens with zero attached hydrogens (tertiary/aromatic N) is 2. The number of aryl methyl sites for hydroxylation is 2. The number of amides is 1. The SMILES string of the molecule is CCN1CCN(C[C@H](C)CNC(=O)COc2cc(C)ccc2C)CC1. The van der Waals surface area contributed by atoms with Gasteiger partial charge in [-0.25, -0.2) is 0 Å². The highest BCUT2D eigenvalue weighted by Crippen LogP contribution is 2.18. The summed E-state index contributed by atoms with van der Waals surface area (Å²) in [6, 6.07) is 6.04. The minimum atomic E-state index is -0.0523. The normalized spacial score (nSPS) is 17.3. The van der Waals surface area contributed by atoms with Gasteiger partial charge in [-0.3, -0.25) is 4.79 Å². The Labute approximate surface area is 152 Å². The summed E-state index contributed by atoms with van der Waals surface area (Å²) in [5, 5.41) is 3.00. The van der Waals surface area contributed by atoms with Crippen LogP contribution in [0.25, 0.3) is 0 Å². The summed E-state index contributed by atoms with van der Waals surface area (Å²) in [5.74, 6) is 1.18. The van der Waals surface area contributed by atoms with Crippen molar-refractivity contribution < 1.29 is 9.53 Å². The summed E-state index contributed by atoms with van der Waals surface area (Å²) < 4.78 is 5.66. The van der Waals surface area contributed by atoms with Crippen molar-refractivity contribution in [2.45, 2.75) is 27.7 Å². The van der Waals surface area contributed by atoms with Gasteiger partial charge < -0.3 is 19.9 Å². The van der Waals surface area contributed by atoms with Crippen molar-refractivity contribution in [2.24, 2.45) is 5.92 Å². The second-order valence-electron chi connectivity index (χ2n) is 7.20. The average molecular weight is 348 g/mol. The van der Waals surface area contributed by atoms with Gasteiger partial charge in [0.25, 0.3) is 5.91 Å². The van der Waals surface area contributed by atoms with Gasteiger partial charge in [0.15, 0.2) is 6.61 Å². The van der Waals surface area contributed by atoms with E-state index in [1.54, 1.807) is 0 Å². The minimum Gasteiger partial charge on any atom is -0.483 e. The summed E-state index contributed by atoms with van der Waals surface area (Å²) in [4.78, 5) is 17.0. The van der Waals surface area contributed by atoms with E-state index in [2.05, 4.69) is 29.0 Å². The first-order valence-corrected chi connectivity index (χ1v) is 9.39. The summed E-state index contributed by atoms with van der Waals surface area (Å²) in [7, 11) is 0. The molecule has 0 unspecified atom stereocenters. The molecule has 2 rings (SSSR count). The Hall–Kier alpha value is -1.59. The second kappa shape index (κ2) is 9.78.